The largest absolute Gasteiger partial charge is 0.444 e. The Bertz CT molecular complexity index is 1960. The summed E-state index contributed by atoms with van der Waals surface area (Å²) in [7, 11) is 0. The van der Waals surface area contributed by atoms with E-state index in [2.05, 4.69) is 49.9 Å². The van der Waals surface area contributed by atoms with Crippen molar-refractivity contribution in [2.75, 3.05) is 49.5 Å². The van der Waals surface area contributed by atoms with Gasteiger partial charge in [-0.05, 0) is 52.2 Å². The number of halogens is 2. The Morgan fingerprint density at radius 3 is 2.58 bits per heavy atom. The summed E-state index contributed by atoms with van der Waals surface area (Å²) in [4.78, 5) is 33.5. The topological polar surface area (TPSA) is 120 Å². The van der Waals surface area contributed by atoms with Crippen LogP contribution < -0.4 is 10.2 Å². The molecule has 2 fully saturated rings. The van der Waals surface area contributed by atoms with Crippen molar-refractivity contribution in [1.82, 2.24) is 24.8 Å². The van der Waals surface area contributed by atoms with E-state index in [9.17, 15) is 10.1 Å². The number of ether oxygens (including phenoxy) is 2. The number of carbonyl (C=O) groups is 1. The quantitative estimate of drug-likeness (QED) is 0.268. The SMILES string of the molecule is CC(C)N1CCN([C@H]2CCN(c3ncc4c5c(c(-c6ncc(F)c7sc(NC(=O)OC(C)(C)C)c(C#N)c67)c(F)c4n3)COC5)C2)CC1. The van der Waals surface area contributed by atoms with Gasteiger partial charge in [0.05, 0.1) is 35.4 Å². The summed E-state index contributed by atoms with van der Waals surface area (Å²) in [5.41, 5.74) is 0.763. The number of benzene rings is 1. The van der Waals surface area contributed by atoms with Crippen molar-refractivity contribution in [3.8, 4) is 17.3 Å². The summed E-state index contributed by atoms with van der Waals surface area (Å²) in [5.74, 6) is -0.889. The van der Waals surface area contributed by atoms with Crippen LogP contribution >= 0.6 is 11.3 Å². The van der Waals surface area contributed by atoms with Crippen LogP contribution in [0.1, 0.15) is 57.7 Å². The smallest absolute Gasteiger partial charge is 0.412 e. The monoisotopic (exact) mass is 676 g/mol. The lowest BCUT2D eigenvalue weighted by atomic mass is 9.94. The normalized spacial score (nSPS) is 19.0. The number of rotatable bonds is 5. The third-order valence-corrected chi connectivity index (χ3v) is 10.5. The number of nitrogens with zero attached hydrogens (tertiary/aromatic N) is 7. The van der Waals surface area contributed by atoms with E-state index in [-0.39, 0.29) is 50.6 Å². The van der Waals surface area contributed by atoms with Gasteiger partial charge in [0.2, 0.25) is 5.95 Å². The number of amides is 1. The minimum atomic E-state index is -0.794. The molecule has 0 radical (unpaired) electrons. The van der Waals surface area contributed by atoms with E-state index >= 15 is 8.78 Å². The average molecular weight is 677 g/mol. The van der Waals surface area contributed by atoms with Gasteiger partial charge in [0, 0.05) is 73.9 Å². The van der Waals surface area contributed by atoms with Crippen molar-refractivity contribution in [3.05, 3.63) is 40.7 Å². The minimum absolute atomic E-state index is 0.0317. The molecule has 0 aliphatic carbocycles. The Kier molecular flexibility index (Phi) is 8.43. The van der Waals surface area contributed by atoms with Crippen LogP contribution in [0, 0.1) is 23.0 Å². The molecule has 0 unspecified atom stereocenters. The fourth-order valence-corrected chi connectivity index (χ4v) is 8.03. The van der Waals surface area contributed by atoms with Crippen LogP contribution in [0.5, 0.6) is 0 Å². The summed E-state index contributed by atoms with van der Waals surface area (Å²) in [6.45, 7) is 15.6. The highest BCUT2D eigenvalue weighted by Gasteiger charge is 2.34. The van der Waals surface area contributed by atoms with Crippen molar-refractivity contribution in [1.29, 1.82) is 5.26 Å². The molecule has 1 aromatic carbocycles. The van der Waals surface area contributed by atoms with Gasteiger partial charge < -0.3 is 14.4 Å². The van der Waals surface area contributed by atoms with Crippen LogP contribution in [-0.4, -0.2) is 87.8 Å². The van der Waals surface area contributed by atoms with E-state index in [1.807, 2.05) is 0 Å². The second kappa shape index (κ2) is 12.5. The van der Waals surface area contributed by atoms with Gasteiger partial charge >= 0.3 is 6.09 Å². The predicted octanol–water partition coefficient (Wildman–Crippen LogP) is 6.04. The van der Waals surface area contributed by atoms with Gasteiger partial charge in [0.15, 0.2) is 11.6 Å². The van der Waals surface area contributed by atoms with Gasteiger partial charge in [-0.3, -0.25) is 20.1 Å². The van der Waals surface area contributed by atoms with Gasteiger partial charge in [0.1, 0.15) is 22.2 Å². The van der Waals surface area contributed by atoms with Crippen LogP contribution in [-0.2, 0) is 22.7 Å². The molecule has 0 saturated carbocycles. The van der Waals surface area contributed by atoms with Crippen molar-refractivity contribution in [2.24, 2.45) is 0 Å². The predicted molar refractivity (Wildman–Crippen MR) is 180 cm³/mol. The van der Waals surface area contributed by atoms with Gasteiger partial charge in [-0.25, -0.2) is 23.5 Å². The zero-order valence-electron chi connectivity index (χ0n) is 27.7. The first-order valence-electron chi connectivity index (χ1n) is 16.3. The molecule has 3 aromatic heterocycles. The molecule has 2 saturated heterocycles. The lowest BCUT2D eigenvalue weighted by Crippen LogP contribution is -2.52. The number of nitriles is 1. The first-order chi connectivity index (χ1) is 22.9. The molecule has 0 bridgehead atoms. The van der Waals surface area contributed by atoms with Crippen molar-refractivity contribution >= 4 is 49.4 Å². The highest BCUT2D eigenvalue weighted by molar-refractivity contribution is 7.23. The van der Waals surface area contributed by atoms with Crippen molar-refractivity contribution in [3.63, 3.8) is 0 Å². The van der Waals surface area contributed by atoms with Crippen LogP contribution in [0.3, 0.4) is 0 Å². The molecule has 3 aliphatic rings. The number of hydrogen-bond donors (Lipinski definition) is 1. The molecule has 11 nitrogen and oxygen atoms in total. The number of fused-ring (bicyclic) bond motifs is 4. The van der Waals surface area contributed by atoms with Crippen molar-refractivity contribution < 1.29 is 23.0 Å². The maximum absolute atomic E-state index is 16.9. The van der Waals surface area contributed by atoms with Crippen LogP contribution in [0.4, 0.5) is 24.5 Å². The summed E-state index contributed by atoms with van der Waals surface area (Å²) in [6, 6.07) is 2.98. The van der Waals surface area contributed by atoms with E-state index in [0.717, 1.165) is 68.8 Å². The highest BCUT2D eigenvalue weighted by atomic mass is 32.1. The maximum atomic E-state index is 16.9. The Morgan fingerprint density at radius 1 is 1.12 bits per heavy atom. The molecule has 252 valence electrons. The number of aromatic nitrogens is 3. The Hall–Kier alpha value is -4.03. The van der Waals surface area contributed by atoms with Gasteiger partial charge in [0.25, 0.3) is 0 Å². The molecule has 6 heterocycles. The van der Waals surface area contributed by atoms with E-state index in [0.29, 0.717) is 29.0 Å². The zero-order chi connectivity index (χ0) is 33.9. The fourth-order valence-electron chi connectivity index (χ4n) is 6.99. The number of nitrogens with one attached hydrogen (secondary N) is 1. The molecule has 1 N–H and O–H groups in total. The molecule has 48 heavy (non-hydrogen) atoms. The van der Waals surface area contributed by atoms with E-state index < -0.39 is 23.3 Å². The highest BCUT2D eigenvalue weighted by Crippen LogP contribution is 2.46. The third kappa shape index (κ3) is 5.83. The lowest BCUT2D eigenvalue weighted by Gasteiger charge is -2.39. The standard InChI is InChI=1S/C34H38F2N8O3S/c1-18(2)42-8-10-43(11-9-42)19-6-7-44(15-19)32-39-13-21-22-16-46-17-23(22)25(27(36)28(21)40-32)29-26-20(12-37)31(41-33(45)47-34(3,4)5)48-30(26)24(35)14-38-29/h13-14,18-19H,6-11,15-17H2,1-5H3,(H,41,45)/t19-/m0/s1. The minimum Gasteiger partial charge on any atom is -0.444 e. The zero-order valence-corrected chi connectivity index (χ0v) is 28.5. The second-order valence-electron chi connectivity index (χ2n) is 13.8. The molecular weight excluding hydrogens is 638 g/mol. The van der Waals surface area contributed by atoms with E-state index in [1.54, 1.807) is 27.0 Å². The van der Waals surface area contributed by atoms with Gasteiger partial charge in [-0.2, -0.15) is 5.26 Å². The van der Waals surface area contributed by atoms with Crippen molar-refractivity contribution in [2.45, 2.75) is 71.9 Å². The number of pyridine rings is 1. The molecule has 4 aromatic rings. The first kappa shape index (κ1) is 32.5. The fraction of sp³-hybridized carbons (Fsp3) is 0.500. The Balaban J connectivity index is 1.27. The van der Waals surface area contributed by atoms with E-state index in [4.69, 9.17) is 14.5 Å². The molecule has 1 atom stereocenters. The summed E-state index contributed by atoms with van der Waals surface area (Å²) >= 11 is 0.871. The van der Waals surface area contributed by atoms with Crippen LogP contribution in [0.15, 0.2) is 12.4 Å². The van der Waals surface area contributed by atoms with Crippen LogP contribution in [0.2, 0.25) is 0 Å². The lowest BCUT2D eigenvalue weighted by molar-refractivity contribution is 0.0636. The third-order valence-electron chi connectivity index (χ3n) is 9.36. The summed E-state index contributed by atoms with van der Waals surface area (Å²) in [6.07, 6.45) is 2.85. The van der Waals surface area contributed by atoms with Crippen LogP contribution in [0.25, 0.3) is 32.2 Å². The van der Waals surface area contributed by atoms with E-state index in [1.165, 1.54) is 0 Å². The molecule has 3 aliphatic heterocycles. The average Bonchev–Trinajstić information content (AvgIpc) is 3.80. The molecule has 14 heteroatoms. The number of hydrogen-bond acceptors (Lipinski definition) is 11. The Labute approximate surface area is 281 Å². The molecule has 7 rings (SSSR count). The summed E-state index contributed by atoms with van der Waals surface area (Å²) < 4.78 is 43.4. The molecular formula is C34H38F2N8O3S. The van der Waals surface area contributed by atoms with Gasteiger partial charge in [-0.1, -0.05) is 0 Å². The Morgan fingerprint density at radius 2 is 1.88 bits per heavy atom. The van der Waals surface area contributed by atoms with Gasteiger partial charge in [-0.15, -0.1) is 11.3 Å². The molecule has 0 spiro atoms. The first-order valence-corrected chi connectivity index (χ1v) is 17.1. The number of thiophene rings is 1. The number of piperazine rings is 1. The second-order valence-corrected chi connectivity index (χ2v) is 14.8. The number of anilines is 2. The number of carbonyl (C=O) groups excluding carboxylic acids is 1. The molecule has 1 amide bonds. The maximum Gasteiger partial charge on any atom is 0.412 e. The summed E-state index contributed by atoms with van der Waals surface area (Å²) in [5, 5.41) is 13.5.